The Morgan fingerprint density at radius 1 is 1.19 bits per heavy atom. The van der Waals surface area contributed by atoms with E-state index in [4.69, 9.17) is 0 Å². The third kappa shape index (κ3) is 4.38. The van der Waals surface area contributed by atoms with Crippen LogP contribution < -0.4 is 0 Å². The Balaban J connectivity index is 1.66. The minimum Gasteiger partial charge on any atom is -0.382 e. The second-order valence-electron chi connectivity index (χ2n) is 7.11. The van der Waals surface area contributed by atoms with E-state index >= 15 is 0 Å². The molecule has 158 valence electrons. The number of nitrogens with zero attached hydrogens (tertiary/aromatic N) is 6. The first kappa shape index (κ1) is 20.5. The number of hydrogen-bond acceptors (Lipinski definition) is 6. The standard InChI is InChI=1S/C21H19F2N7O/c1-14(20-7-3-15(9-25-20)2-5-17-10-26-29-28-17)21(31,11-30-13-24-12-27-30)18-6-4-16(22)8-19(18)23/h2-10,12-14,31H,11H2,1H3,(H,26,28,29)/t14-,21+/m1/s1. The van der Waals surface area contributed by atoms with Crippen LogP contribution in [-0.4, -0.2) is 40.3 Å². The second-order valence-corrected chi connectivity index (χ2v) is 7.11. The molecule has 0 radical (unpaired) electrons. The molecule has 8 nitrogen and oxygen atoms in total. The lowest BCUT2D eigenvalue weighted by Gasteiger charge is -2.34. The molecule has 2 N–H and O–H groups in total. The molecule has 0 amide bonds. The third-order valence-corrected chi connectivity index (χ3v) is 5.12. The number of aliphatic hydroxyl groups is 1. The van der Waals surface area contributed by atoms with Crippen LogP contribution in [0.4, 0.5) is 8.78 Å². The van der Waals surface area contributed by atoms with Gasteiger partial charge in [-0.3, -0.25) is 4.98 Å². The summed E-state index contributed by atoms with van der Waals surface area (Å²) in [6.45, 7) is 1.64. The molecule has 0 aliphatic rings. The number of benzene rings is 1. The lowest BCUT2D eigenvalue weighted by Crippen LogP contribution is -2.38. The summed E-state index contributed by atoms with van der Waals surface area (Å²) in [6, 6.07) is 6.68. The summed E-state index contributed by atoms with van der Waals surface area (Å²) in [5.41, 5.74) is 0.216. The van der Waals surface area contributed by atoms with Crippen molar-refractivity contribution in [1.82, 2.24) is 35.2 Å². The molecule has 3 aromatic heterocycles. The Kier molecular flexibility index (Phi) is 5.63. The molecule has 0 spiro atoms. The normalized spacial score (nSPS) is 14.6. The molecule has 31 heavy (non-hydrogen) atoms. The van der Waals surface area contributed by atoms with Crippen LogP contribution in [0, 0.1) is 11.6 Å². The van der Waals surface area contributed by atoms with E-state index in [0.717, 1.165) is 17.7 Å². The van der Waals surface area contributed by atoms with Gasteiger partial charge in [-0.1, -0.05) is 25.1 Å². The number of rotatable bonds is 7. The fourth-order valence-corrected chi connectivity index (χ4v) is 3.35. The maximum atomic E-state index is 14.7. The van der Waals surface area contributed by atoms with Gasteiger partial charge in [-0.15, -0.1) is 0 Å². The first-order valence-electron chi connectivity index (χ1n) is 9.46. The molecule has 3 heterocycles. The van der Waals surface area contributed by atoms with Gasteiger partial charge in [0.25, 0.3) is 0 Å². The number of pyridine rings is 1. The van der Waals surface area contributed by atoms with Crippen molar-refractivity contribution in [2.45, 2.75) is 25.0 Å². The average Bonchev–Trinajstić information content (AvgIpc) is 3.46. The predicted octanol–water partition coefficient (Wildman–Crippen LogP) is 2.93. The fourth-order valence-electron chi connectivity index (χ4n) is 3.35. The summed E-state index contributed by atoms with van der Waals surface area (Å²) < 4.78 is 29.5. The molecule has 10 heteroatoms. The Morgan fingerprint density at radius 2 is 2.06 bits per heavy atom. The quantitative estimate of drug-likeness (QED) is 0.474. The number of H-pyrrole nitrogens is 1. The molecule has 0 saturated heterocycles. The zero-order valence-electron chi connectivity index (χ0n) is 16.5. The molecule has 1 aromatic carbocycles. The molecule has 0 aliphatic carbocycles. The smallest absolute Gasteiger partial charge is 0.137 e. The number of aromatic amines is 1. The first-order chi connectivity index (χ1) is 15.0. The summed E-state index contributed by atoms with van der Waals surface area (Å²) in [4.78, 5) is 8.32. The zero-order valence-corrected chi connectivity index (χ0v) is 16.5. The van der Waals surface area contributed by atoms with Crippen molar-refractivity contribution < 1.29 is 13.9 Å². The number of nitrogens with one attached hydrogen (secondary N) is 1. The Labute approximate surface area is 176 Å². The van der Waals surface area contributed by atoms with Crippen molar-refractivity contribution in [3.8, 4) is 0 Å². The second kappa shape index (κ2) is 8.52. The van der Waals surface area contributed by atoms with Gasteiger partial charge in [-0.2, -0.15) is 20.5 Å². The Hall–Kier alpha value is -3.79. The molecule has 0 fully saturated rings. The zero-order chi connectivity index (χ0) is 21.8. The minimum absolute atomic E-state index is 0.0475. The molecular formula is C21H19F2N7O. The van der Waals surface area contributed by atoms with E-state index in [2.05, 4.69) is 30.5 Å². The van der Waals surface area contributed by atoms with Gasteiger partial charge in [0.15, 0.2) is 0 Å². The number of halogens is 2. The van der Waals surface area contributed by atoms with Crippen LogP contribution in [-0.2, 0) is 12.1 Å². The largest absolute Gasteiger partial charge is 0.382 e. The van der Waals surface area contributed by atoms with Gasteiger partial charge in [0.05, 0.1) is 12.7 Å². The van der Waals surface area contributed by atoms with Gasteiger partial charge in [0, 0.05) is 29.4 Å². The van der Waals surface area contributed by atoms with Crippen molar-refractivity contribution in [2.75, 3.05) is 0 Å². The molecule has 0 saturated carbocycles. The van der Waals surface area contributed by atoms with Crippen LogP contribution in [0.5, 0.6) is 0 Å². The number of aromatic nitrogens is 7. The van der Waals surface area contributed by atoms with Gasteiger partial charge in [0.2, 0.25) is 0 Å². The van der Waals surface area contributed by atoms with Crippen molar-refractivity contribution >= 4 is 12.2 Å². The topological polar surface area (TPSA) is 105 Å². The van der Waals surface area contributed by atoms with Crippen LogP contribution in [0.2, 0.25) is 0 Å². The monoisotopic (exact) mass is 423 g/mol. The van der Waals surface area contributed by atoms with Gasteiger partial charge in [-0.25, -0.2) is 18.4 Å². The summed E-state index contributed by atoms with van der Waals surface area (Å²) in [5, 5.41) is 25.8. The Morgan fingerprint density at radius 3 is 2.71 bits per heavy atom. The van der Waals surface area contributed by atoms with E-state index in [1.807, 2.05) is 12.1 Å². The third-order valence-electron chi connectivity index (χ3n) is 5.12. The van der Waals surface area contributed by atoms with Crippen molar-refractivity contribution in [3.63, 3.8) is 0 Å². The van der Waals surface area contributed by atoms with Crippen LogP contribution in [0.1, 0.15) is 35.4 Å². The maximum absolute atomic E-state index is 14.7. The SMILES string of the molecule is C[C@H](c1ccc(C=Cc2cn[nH]n2)cn1)[C@@](O)(Cn1cncn1)c1ccc(F)cc1F. The van der Waals surface area contributed by atoms with Crippen LogP contribution in [0.25, 0.3) is 12.2 Å². The molecule has 2 atom stereocenters. The molecule has 4 rings (SSSR count). The van der Waals surface area contributed by atoms with E-state index in [1.54, 1.807) is 31.5 Å². The van der Waals surface area contributed by atoms with Gasteiger partial charge >= 0.3 is 0 Å². The highest BCUT2D eigenvalue weighted by Gasteiger charge is 2.40. The molecule has 4 aromatic rings. The molecule has 0 unspecified atom stereocenters. The van der Waals surface area contributed by atoms with Gasteiger partial charge in [-0.05, 0) is 23.8 Å². The average molecular weight is 423 g/mol. The van der Waals surface area contributed by atoms with Crippen LogP contribution in [0.15, 0.2) is 55.4 Å². The Bertz CT molecular complexity index is 1160. The van der Waals surface area contributed by atoms with Crippen molar-refractivity contribution in [1.29, 1.82) is 0 Å². The maximum Gasteiger partial charge on any atom is 0.137 e. The molecule has 0 aliphatic heterocycles. The van der Waals surface area contributed by atoms with Crippen molar-refractivity contribution in [3.05, 3.63) is 89.5 Å². The summed E-state index contributed by atoms with van der Waals surface area (Å²) in [5.74, 6) is -2.22. The van der Waals surface area contributed by atoms with Gasteiger partial charge < -0.3 is 5.11 Å². The van der Waals surface area contributed by atoms with E-state index in [0.29, 0.717) is 11.4 Å². The first-order valence-corrected chi connectivity index (χ1v) is 9.46. The van der Waals surface area contributed by atoms with E-state index < -0.39 is 23.2 Å². The van der Waals surface area contributed by atoms with Crippen LogP contribution >= 0.6 is 0 Å². The lowest BCUT2D eigenvalue weighted by atomic mass is 9.79. The highest BCUT2D eigenvalue weighted by atomic mass is 19.1. The summed E-state index contributed by atoms with van der Waals surface area (Å²) in [6.07, 6.45) is 9.56. The molecular weight excluding hydrogens is 404 g/mol. The summed E-state index contributed by atoms with van der Waals surface area (Å²) >= 11 is 0. The number of hydrogen-bond donors (Lipinski definition) is 2. The highest BCUT2D eigenvalue weighted by Crippen LogP contribution is 2.39. The van der Waals surface area contributed by atoms with Crippen molar-refractivity contribution in [2.24, 2.45) is 0 Å². The van der Waals surface area contributed by atoms with E-state index in [-0.39, 0.29) is 12.1 Å². The van der Waals surface area contributed by atoms with E-state index in [1.165, 1.54) is 23.4 Å². The van der Waals surface area contributed by atoms with Gasteiger partial charge in [0.1, 0.15) is 35.6 Å². The predicted molar refractivity (Wildman–Crippen MR) is 108 cm³/mol. The van der Waals surface area contributed by atoms with E-state index in [9.17, 15) is 13.9 Å². The summed E-state index contributed by atoms with van der Waals surface area (Å²) in [7, 11) is 0. The molecule has 0 bridgehead atoms. The fraction of sp³-hybridized carbons (Fsp3) is 0.190. The minimum atomic E-state index is -1.75. The lowest BCUT2D eigenvalue weighted by molar-refractivity contribution is -0.0123. The highest BCUT2D eigenvalue weighted by molar-refractivity contribution is 5.67. The van der Waals surface area contributed by atoms with Crippen LogP contribution in [0.3, 0.4) is 0 Å².